The molecule has 1 aliphatic carbocycles. The number of nitrogens with two attached hydrogens (primary N) is 1. The zero-order valence-corrected chi connectivity index (χ0v) is 13.8. The Labute approximate surface area is 132 Å². The molecule has 22 heavy (non-hydrogen) atoms. The van der Waals surface area contributed by atoms with E-state index in [9.17, 15) is 4.79 Å². The number of rotatable bonds is 3. The van der Waals surface area contributed by atoms with E-state index in [4.69, 9.17) is 5.73 Å². The minimum Gasteiger partial charge on any atom is -0.335 e. The zero-order valence-electron chi connectivity index (χ0n) is 13.8. The van der Waals surface area contributed by atoms with Crippen molar-refractivity contribution in [3.05, 3.63) is 17.5 Å². The van der Waals surface area contributed by atoms with Crippen molar-refractivity contribution in [3.8, 4) is 0 Å². The summed E-state index contributed by atoms with van der Waals surface area (Å²) in [6.07, 6.45) is 9.08. The van der Waals surface area contributed by atoms with Crippen molar-refractivity contribution in [1.29, 1.82) is 0 Å². The van der Waals surface area contributed by atoms with Gasteiger partial charge in [-0.15, -0.1) is 0 Å². The number of aryl methyl sites for hydroxylation is 1. The summed E-state index contributed by atoms with van der Waals surface area (Å²) in [5, 5.41) is 4.64. The minimum atomic E-state index is 0.150. The fourth-order valence-corrected chi connectivity index (χ4v) is 4.10. The maximum atomic E-state index is 13.0. The van der Waals surface area contributed by atoms with Gasteiger partial charge < -0.3 is 10.6 Å². The Balaban J connectivity index is 1.83. The van der Waals surface area contributed by atoms with Gasteiger partial charge in [0, 0.05) is 31.7 Å². The molecule has 2 unspecified atom stereocenters. The number of amides is 1. The first-order valence-corrected chi connectivity index (χ1v) is 8.64. The molecule has 5 heteroatoms. The van der Waals surface area contributed by atoms with E-state index in [-0.39, 0.29) is 11.9 Å². The lowest BCUT2D eigenvalue weighted by atomic mass is 9.85. The number of aromatic nitrogens is 2. The Morgan fingerprint density at radius 2 is 2.09 bits per heavy atom. The topological polar surface area (TPSA) is 64.2 Å². The minimum absolute atomic E-state index is 0.150. The molecule has 5 nitrogen and oxygen atoms in total. The van der Waals surface area contributed by atoms with E-state index in [0.29, 0.717) is 18.4 Å². The fraction of sp³-hybridized carbons (Fsp3) is 0.765. The summed E-state index contributed by atoms with van der Waals surface area (Å²) in [5.74, 6) is 1.04. The van der Waals surface area contributed by atoms with E-state index in [0.717, 1.165) is 37.1 Å². The summed E-state index contributed by atoms with van der Waals surface area (Å²) in [7, 11) is 1.92. The lowest BCUT2D eigenvalue weighted by molar-refractivity contribution is 0.0741. The van der Waals surface area contributed by atoms with E-state index in [1.165, 1.54) is 19.3 Å². The van der Waals surface area contributed by atoms with Crippen LogP contribution in [0.3, 0.4) is 0 Å². The average molecular weight is 304 g/mol. The normalized spacial score (nSPS) is 26.6. The molecule has 3 rings (SSSR count). The summed E-state index contributed by atoms with van der Waals surface area (Å²) in [5.41, 5.74) is 7.64. The van der Waals surface area contributed by atoms with Gasteiger partial charge in [-0.1, -0.05) is 19.3 Å². The van der Waals surface area contributed by atoms with Crippen LogP contribution in [0.15, 0.2) is 6.20 Å². The van der Waals surface area contributed by atoms with Gasteiger partial charge in [-0.25, -0.2) is 0 Å². The Kier molecular flexibility index (Phi) is 4.52. The molecule has 1 aliphatic heterocycles. The highest BCUT2D eigenvalue weighted by molar-refractivity contribution is 5.95. The first kappa shape index (κ1) is 15.5. The van der Waals surface area contributed by atoms with Crippen molar-refractivity contribution in [2.75, 3.05) is 13.1 Å². The number of likely N-dealkylation sites (tertiary alicyclic amines) is 1. The van der Waals surface area contributed by atoms with Crippen molar-refractivity contribution < 1.29 is 4.79 Å². The van der Waals surface area contributed by atoms with Crippen LogP contribution in [0.1, 0.15) is 67.4 Å². The number of nitrogens with zero attached hydrogens (tertiary/aromatic N) is 3. The highest BCUT2D eigenvalue weighted by Crippen LogP contribution is 2.34. The first-order valence-electron chi connectivity index (χ1n) is 8.64. The highest BCUT2D eigenvalue weighted by atomic mass is 16.2. The van der Waals surface area contributed by atoms with Gasteiger partial charge in [-0.05, 0) is 38.6 Å². The maximum Gasteiger partial charge on any atom is 0.257 e. The Bertz CT molecular complexity index is 533. The largest absolute Gasteiger partial charge is 0.335 e. The molecule has 0 bridgehead atoms. The van der Waals surface area contributed by atoms with Gasteiger partial charge in [0.1, 0.15) is 0 Å². The lowest BCUT2D eigenvalue weighted by Gasteiger charge is -2.24. The number of hydrogen-bond donors (Lipinski definition) is 1. The predicted molar refractivity (Wildman–Crippen MR) is 86.7 cm³/mol. The summed E-state index contributed by atoms with van der Waals surface area (Å²) in [6, 6.07) is 0.278. The van der Waals surface area contributed by atoms with Crippen LogP contribution >= 0.6 is 0 Å². The van der Waals surface area contributed by atoms with Crippen LogP contribution in [0.25, 0.3) is 0 Å². The molecule has 0 radical (unpaired) electrons. The van der Waals surface area contributed by atoms with Crippen LogP contribution in [0, 0.1) is 5.92 Å². The van der Waals surface area contributed by atoms with Gasteiger partial charge in [-0.3, -0.25) is 9.48 Å². The SMILES string of the molecule is CC1CC(CN)CN1C(=O)c1cn(C)nc1C1CCCCC1. The van der Waals surface area contributed by atoms with Crippen LogP contribution in [-0.4, -0.2) is 39.7 Å². The van der Waals surface area contributed by atoms with Gasteiger partial charge in [0.15, 0.2) is 0 Å². The summed E-state index contributed by atoms with van der Waals surface area (Å²) < 4.78 is 1.80. The van der Waals surface area contributed by atoms with E-state index in [2.05, 4.69) is 12.0 Å². The van der Waals surface area contributed by atoms with Crippen LogP contribution in [-0.2, 0) is 7.05 Å². The van der Waals surface area contributed by atoms with E-state index >= 15 is 0 Å². The molecule has 1 saturated heterocycles. The number of carbonyl (C=O) groups excluding carboxylic acids is 1. The molecule has 0 aromatic carbocycles. The molecular weight excluding hydrogens is 276 g/mol. The van der Waals surface area contributed by atoms with Crippen molar-refractivity contribution in [3.63, 3.8) is 0 Å². The highest BCUT2D eigenvalue weighted by Gasteiger charge is 2.35. The van der Waals surface area contributed by atoms with Gasteiger partial charge >= 0.3 is 0 Å². The van der Waals surface area contributed by atoms with Crippen LogP contribution in [0.4, 0.5) is 0 Å². The molecule has 1 aromatic rings. The molecule has 1 amide bonds. The molecule has 122 valence electrons. The molecule has 2 aliphatic rings. The van der Waals surface area contributed by atoms with Crippen LogP contribution < -0.4 is 5.73 Å². The van der Waals surface area contributed by atoms with Crippen molar-refractivity contribution >= 4 is 5.91 Å². The van der Waals surface area contributed by atoms with E-state index in [1.807, 2.05) is 18.1 Å². The van der Waals surface area contributed by atoms with Gasteiger partial charge in [0.25, 0.3) is 5.91 Å². The third kappa shape index (κ3) is 2.91. The molecule has 2 fully saturated rings. The Morgan fingerprint density at radius 1 is 1.36 bits per heavy atom. The quantitative estimate of drug-likeness (QED) is 0.931. The smallest absolute Gasteiger partial charge is 0.257 e. The number of hydrogen-bond acceptors (Lipinski definition) is 3. The van der Waals surface area contributed by atoms with Gasteiger partial charge in [-0.2, -0.15) is 5.10 Å². The predicted octanol–water partition coefficient (Wildman–Crippen LogP) is 2.28. The molecule has 2 heterocycles. The fourth-order valence-electron chi connectivity index (χ4n) is 4.10. The molecule has 0 spiro atoms. The molecule has 2 atom stereocenters. The Morgan fingerprint density at radius 3 is 2.73 bits per heavy atom. The third-order valence-electron chi connectivity index (χ3n) is 5.34. The van der Waals surface area contributed by atoms with Gasteiger partial charge in [0.2, 0.25) is 0 Å². The monoisotopic (exact) mass is 304 g/mol. The molecule has 1 saturated carbocycles. The van der Waals surface area contributed by atoms with E-state index in [1.54, 1.807) is 4.68 Å². The van der Waals surface area contributed by atoms with Gasteiger partial charge in [0.05, 0.1) is 11.3 Å². The second-order valence-corrected chi connectivity index (χ2v) is 7.08. The third-order valence-corrected chi connectivity index (χ3v) is 5.34. The molecule has 1 aromatic heterocycles. The summed E-state index contributed by atoms with van der Waals surface area (Å²) in [4.78, 5) is 15.0. The summed E-state index contributed by atoms with van der Waals surface area (Å²) >= 11 is 0. The van der Waals surface area contributed by atoms with Crippen LogP contribution in [0.2, 0.25) is 0 Å². The Hall–Kier alpha value is -1.36. The van der Waals surface area contributed by atoms with E-state index < -0.39 is 0 Å². The molecule has 2 N–H and O–H groups in total. The first-order chi connectivity index (χ1) is 10.6. The lowest BCUT2D eigenvalue weighted by Crippen LogP contribution is -2.35. The molecular formula is C17H28N4O. The second kappa shape index (κ2) is 6.41. The standard InChI is InChI=1S/C17H28N4O/c1-12-8-13(9-18)10-21(12)17(22)15-11-20(2)19-16(15)14-6-4-3-5-7-14/h11-14H,3-10,18H2,1-2H3. The van der Waals surface area contributed by atoms with Crippen molar-refractivity contribution in [2.45, 2.75) is 57.4 Å². The van der Waals surface area contributed by atoms with Crippen LogP contribution in [0.5, 0.6) is 0 Å². The summed E-state index contributed by atoms with van der Waals surface area (Å²) in [6.45, 7) is 3.58. The van der Waals surface area contributed by atoms with Crippen molar-refractivity contribution in [1.82, 2.24) is 14.7 Å². The maximum absolute atomic E-state index is 13.0. The average Bonchev–Trinajstić information content (AvgIpc) is 3.10. The number of carbonyl (C=O) groups is 1. The zero-order chi connectivity index (χ0) is 15.7. The van der Waals surface area contributed by atoms with Crippen molar-refractivity contribution in [2.24, 2.45) is 18.7 Å². The second-order valence-electron chi connectivity index (χ2n) is 7.08.